The van der Waals surface area contributed by atoms with E-state index >= 15 is 0 Å². The van der Waals surface area contributed by atoms with Crippen LogP contribution in [0.2, 0.25) is 0 Å². The summed E-state index contributed by atoms with van der Waals surface area (Å²) >= 11 is 0. The molecule has 0 saturated carbocycles. The summed E-state index contributed by atoms with van der Waals surface area (Å²) in [6, 6.07) is 17.0. The van der Waals surface area contributed by atoms with E-state index in [0.717, 1.165) is 71.0 Å². The van der Waals surface area contributed by atoms with E-state index in [1.54, 1.807) is 25.6 Å². The highest BCUT2D eigenvalue weighted by Gasteiger charge is 2.37. The molecule has 0 radical (unpaired) electrons. The van der Waals surface area contributed by atoms with Crippen molar-refractivity contribution in [1.29, 1.82) is 0 Å². The molecular weight excluding hydrogens is 705 g/mol. The van der Waals surface area contributed by atoms with E-state index in [-0.39, 0.29) is 35.9 Å². The van der Waals surface area contributed by atoms with Crippen LogP contribution in [0.1, 0.15) is 87.7 Å². The third-order valence-electron chi connectivity index (χ3n) is 10.6. The highest BCUT2D eigenvalue weighted by Crippen LogP contribution is 2.34. The maximum absolute atomic E-state index is 13.6. The lowest BCUT2D eigenvalue weighted by Crippen LogP contribution is -2.49. The van der Waals surface area contributed by atoms with Crippen molar-refractivity contribution in [2.75, 3.05) is 32.2 Å². The van der Waals surface area contributed by atoms with Crippen LogP contribution in [0.3, 0.4) is 0 Å². The Morgan fingerprint density at radius 2 is 1.32 bits per heavy atom. The monoisotopic (exact) mass is 754 g/mol. The van der Waals surface area contributed by atoms with Gasteiger partial charge < -0.3 is 29.8 Å². The molecule has 2 aliphatic heterocycles. The topological polar surface area (TPSA) is 157 Å². The van der Waals surface area contributed by atoms with E-state index in [1.807, 2.05) is 91.5 Å². The van der Waals surface area contributed by atoms with Crippen LogP contribution >= 0.6 is 0 Å². The van der Waals surface area contributed by atoms with Crippen LogP contribution in [-0.2, 0) is 14.3 Å². The van der Waals surface area contributed by atoms with Gasteiger partial charge in [-0.25, -0.2) is 19.9 Å². The van der Waals surface area contributed by atoms with Crippen molar-refractivity contribution in [3.8, 4) is 34.4 Å². The number of ether oxygens (including phenoxy) is 1. The predicted octanol–water partition coefficient (Wildman–Crippen LogP) is 6.09. The Bertz CT molecular complexity index is 2140. The van der Waals surface area contributed by atoms with Gasteiger partial charge in [0.1, 0.15) is 17.7 Å². The lowest BCUT2D eigenvalue weighted by Gasteiger charge is -2.30. The fraction of sp³-hybridized carbons (Fsp3) is 0.395. The Balaban J connectivity index is 0.963. The highest BCUT2D eigenvalue weighted by molar-refractivity contribution is 5.85. The molecule has 13 heteroatoms. The van der Waals surface area contributed by atoms with Gasteiger partial charge in [0.25, 0.3) is 0 Å². The van der Waals surface area contributed by atoms with Crippen molar-refractivity contribution >= 4 is 17.8 Å². The minimum absolute atomic E-state index is 0.0288. The van der Waals surface area contributed by atoms with Gasteiger partial charge in [0, 0.05) is 43.7 Å². The number of benzene rings is 2. The number of rotatable bonds is 13. The van der Waals surface area contributed by atoms with Crippen LogP contribution in [0.4, 0.5) is 5.95 Å². The number of imidazole rings is 2. The lowest BCUT2D eigenvalue weighted by molar-refractivity contribution is -0.136. The highest BCUT2D eigenvalue weighted by atomic mass is 16.5. The van der Waals surface area contributed by atoms with Gasteiger partial charge in [0.2, 0.25) is 17.8 Å². The third kappa shape index (κ3) is 8.67. The fourth-order valence-corrected chi connectivity index (χ4v) is 7.57. The fourth-order valence-electron chi connectivity index (χ4n) is 7.57. The van der Waals surface area contributed by atoms with Crippen LogP contribution in [0.25, 0.3) is 22.5 Å². The van der Waals surface area contributed by atoms with Gasteiger partial charge in [-0.1, -0.05) is 56.9 Å². The average molecular weight is 755 g/mol. The SMILES string of the molecule is CCC(Nc1ncccn1)C(=O)N1CCCC1c1ncc(-c2ccc(C#Cc3ccc(-c4cnc(C5CCCN5C(=O)C(NCOC)C(C)C)[nH]4)cc3)cc2)[nH]1. The van der Waals surface area contributed by atoms with Gasteiger partial charge in [-0.15, -0.1) is 0 Å². The zero-order valence-electron chi connectivity index (χ0n) is 32.5. The Morgan fingerprint density at radius 3 is 1.80 bits per heavy atom. The first-order valence-corrected chi connectivity index (χ1v) is 19.5. The van der Waals surface area contributed by atoms with Crippen molar-refractivity contribution in [2.24, 2.45) is 5.92 Å². The summed E-state index contributed by atoms with van der Waals surface area (Å²) in [7, 11) is 1.62. The predicted molar refractivity (Wildman–Crippen MR) is 215 cm³/mol. The second-order valence-corrected chi connectivity index (χ2v) is 14.7. The minimum atomic E-state index is -0.413. The molecule has 4 atom stereocenters. The number of H-pyrrole nitrogens is 2. The van der Waals surface area contributed by atoms with Crippen molar-refractivity contribution in [1.82, 2.24) is 45.0 Å². The van der Waals surface area contributed by atoms with Crippen LogP contribution in [0.15, 0.2) is 79.4 Å². The van der Waals surface area contributed by atoms with Crippen molar-refractivity contribution in [3.05, 3.63) is 102 Å². The molecule has 2 aromatic carbocycles. The number of amides is 2. The average Bonchev–Trinajstić information content (AvgIpc) is 4.07. The molecule has 0 spiro atoms. The Morgan fingerprint density at radius 1 is 0.804 bits per heavy atom. The Kier molecular flexibility index (Phi) is 12.2. The molecule has 2 aliphatic rings. The summed E-state index contributed by atoms with van der Waals surface area (Å²) in [6.07, 6.45) is 11.2. The second-order valence-electron chi connectivity index (χ2n) is 14.7. The summed E-state index contributed by atoms with van der Waals surface area (Å²) in [4.78, 5) is 55.8. The summed E-state index contributed by atoms with van der Waals surface area (Å²) in [6.45, 7) is 7.80. The van der Waals surface area contributed by atoms with Crippen molar-refractivity contribution in [3.63, 3.8) is 0 Å². The maximum atomic E-state index is 13.6. The number of anilines is 1. The molecule has 4 N–H and O–H groups in total. The molecule has 5 heterocycles. The Hall–Kier alpha value is -5.84. The Labute approximate surface area is 328 Å². The van der Waals surface area contributed by atoms with Gasteiger partial charge in [-0.2, -0.15) is 0 Å². The van der Waals surface area contributed by atoms with Crippen molar-refractivity contribution < 1.29 is 14.3 Å². The molecule has 4 unspecified atom stereocenters. The van der Waals surface area contributed by atoms with Crippen LogP contribution in [0.5, 0.6) is 0 Å². The van der Waals surface area contributed by atoms with Crippen LogP contribution in [0, 0.1) is 17.8 Å². The largest absolute Gasteiger partial charge is 0.370 e. The first-order chi connectivity index (χ1) is 27.3. The molecule has 5 aromatic rings. The molecule has 2 saturated heterocycles. The van der Waals surface area contributed by atoms with Gasteiger partial charge in [-0.05, 0) is 79.5 Å². The van der Waals surface area contributed by atoms with E-state index in [9.17, 15) is 9.59 Å². The van der Waals surface area contributed by atoms with Gasteiger partial charge in [0.15, 0.2) is 0 Å². The molecule has 56 heavy (non-hydrogen) atoms. The first kappa shape index (κ1) is 38.4. The standard InChI is InChI=1S/C43H50N10O3/c1-5-33(51-43-44-21-8-22-45-43)41(54)52-23-6-9-36(52)39-46-25-34(49-39)31-17-13-29(14-18-31)11-12-30-15-19-32(20-16-30)35-26-47-40(50-35)37-10-7-24-53(37)42(55)38(28(2)3)48-27-56-4/h8,13-22,25-26,28,33,36-38,48H,5-7,9-10,23-24,27H2,1-4H3,(H,46,49)(H,47,50)(H,44,45,51). The molecule has 7 rings (SSSR count). The summed E-state index contributed by atoms with van der Waals surface area (Å²) in [5, 5.41) is 6.43. The van der Waals surface area contributed by atoms with E-state index < -0.39 is 6.04 Å². The first-order valence-electron chi connectivity index (χ1n) is 19.5. The molecule has 3 aromatic heterocycles. The molecule has 0 bridgehead atoms. The molecule has 2 fully saturated rings. The lowest BCUT2D eigenvalue weighted by atomic mass is 10.0. The number of nitrogens with one attached hydrogen (secondary N) is 4. The van der Waals surface area contributed by atoms with Gasteiger partial charge in [-0.3, -0.25) is 14.9 Å². The van der Waals surface area contributed by atoms with Gasteiger partial charge in [0.05, 0.1) is 48.6 Å². The van der Waals surface area contributed by atoms with E-state index in [1.165, 1.54) is 0 Å². The number of methoxy groups -OCH3 is 1. The summed E-state index contributed by atoms with van der Waals surface area (Å²) in [5.74, 6) is 8.86. The zero-order valence-corrected chi connectivity index (χ0v) is 32.5. The zero-order chi connectivity index (χ0) is 39.0. The van der Waals surface area contributed by atoms with E-state index in [4.69, 9.17) is 14.7 Å². The van der Waals surface area contributed by atoms with Crippen molar-refractivity contribution in [2.45, 2.75) is 77.0 Å². The molecule has 290 valence electrons. The number of aromatic amines is 2. The smallest absolute Gasteiger partial charge is 0.245 e. The number of hydrogen-bond acceptors (Lipinski definition) is 9. The second kappa shape index (κ2) is 17.7. The minimum Gasteiger partial charge on any atom is -0.370 e. The van der Waals surface area contributed by atoms with E-state index in [0.29, 0.717) is 32.2 Å². The number of carbonyl (C=O) groups excluding carboxylic acids is 2. The van der Waals surface area contributed by atoms with Crippen LogP contribution in [-0.4, -0.2) is 90.5 Å². The molecule has 13 nitrogen and oxygen atoms in total. The summed E-state index contributed by atoms with van der Waals surface area (Å²) in [5.41, 5.74) is 5.60. The number of carbonyl (C=O) groups is 2. The van der Waals surface area contributed by atoms with Gasteiger partial charge >= 0.3 is 0 Å². The van der Waals surface area contributed by atoms with Crippen LogP contribution < -0.4 is 10.6 Å². The molecular formula is C43H50N10O3. The number of likely N-dealkylation sites (tertiary alicyclic amines) is 2. The van der Waals surface area contributed by atoms with E-state index in [2.05, 4.69) is 42.4 Å². The quantitative estimate of drug-likeness (QED) is 0.0825. The normalized spacial score (nSPS) is 17.8. The number of hydrogen-bond donors (Lipinski definition) is 4. The number of aromatic nitrogens is 6. The third-order valence-corrected chi connectivity index (χ3v) is 10.6. The number of nitrogens with zero attached hydrogens (tertiary/aromatic N) is 6. The molecule has 0 aliphatic carbocycles. The molecule has 2 amide bonds. The summed E-state index contributed by atoms with van der Waals surface area (Å²) < 4.78 is 5.18. The maximum Gasteiger partial charge on any atom is 0.245 e.